The fourth-order valence-corrected chi connectivity index (χ4v) is 2.22. The first-order chi connectivity index (χ1) is 7.98. The molecular weight excluding hydrogens is 255 g/mol. The van der Waals surface area contributed by atoms with E-state index in [1.807, 2.05) is 4.90 Å². The number of nitrogens with zero attached hydrogens (tertiary/aromatic N) is 2. The maximum Gasteiger partial charge on any atom is 0.398 e. The highest BCUT2D eigenvalue weighted by atomic mass is 35.5. The highest BCUT2D eigenvalue weighted by Crippen LogP contribution is 2.35. The molecule has 0 unspecified atom stereocenters. The van der Waals surface area contributed by atoms with Crippen molar-refractivity contribution in [2.45, 2.75) is 12.6 Å². The van der Waals surface area contributed by atoms with E-state index in [4.69, 9.17) is 11.6 Å². The lowest BCUT2D eigenvalue weighted by molar-refractivity contribution is -0.154. The van der Waals surface area contributed by atoms with Gasteiger partial charge in [0.25, 0.3) is 0 Å². The molecule has 0 aromatic heterocycles. The van der Waals surface area contributed by atoms with Crippen molar-refractivity contribution in [3.8, 4) is 0 Å². The van der Waals surface area contributed by atoms with Gasteiger partial charge in [0, 0.05) is 26.2 Å². The molecule has 0 spiro atoms. The fourth-order valence-electron chi connectivity index (χ4n) is 1.92. The van der Waals surface area contributed by atoms with Gasteiger partial charge < -0.3 is 10.2 Å². The first-order valence-electron chi connectivity index (χ1n) is 5.45. The third-order valence-corrected chi connectivity index (χ3v) is 3.23. The van der Waals surface area contributed by atoms with Gasteiger partial charge in [0.05, 0.1) is 0 Å². The Bertz CT molecular complexity index is 345. The molecular formula is C10H13ClF3N3. The molecule has 0 amide bonds. The first-order valence-corrected chi connectivity index (χ1v) is 5.83. The van der Waals surface area contributed by atoms with Gasteiger partial charge in [0.1, 0.15) is 16.9 Å². The lowest BCUT2D eigenvalue weighted by atomic mass is 10.0. The summed E-state index contributed by atoms with van der Waals surface area (Å²) in [6.45, 7) is 3.12. The van der Waals surface area contributed by atoms with Crippen molar-refractivity contribution in [3.05, 3.63) is 11.9 Å². The second-order valence-corrected chi connectivity index (χ2v) is 4.45. The van der Waals surface area contributed by atoms with Gasteiger partial charge in [-0.05, 0) is 12.5 Å². The summed E-state index contributed by atoms with van der Waals surface area (Å²) in [4.78, 5) is 5.83. The number of alkyl halides is 3. The summed E-state index contributed by atoms with van der Waals surface area (Å²) in [6, 6.07) is 0. The topological polar surface area (TPSA) is 27.6 Å². The molecule has 1 saturated heterocycles. The molecule has 0 aromatic rings. The lowest BCUT2D eigenvalue weighted by Crippen LogP contribution is -2.43. The SMILES string of the molecule is FC(F)(F)[C@@H]1CC=C(N2CCNCC2)N=C1Cl. The molecule has 0 bridgehead atoms. The molecule has 7 heteroatoms. The Kier molecular flexibility index (Phi) is 3.63. The minimum Gasteiger partial charge on any atom is -0.354 e. The van der Waals surface area contributed by atoms with Gasteiger partial charge >= 0.3 is 6.18 Å². The Balaban J connectivity index is 2.07. The largest absolute Gasteiger partial charge is 0.398 e. The van der Waals surface area contributed by atoms with Crippen molar-refractivity contribution < 1.29 is 13.2 Å². The van der Waals surface area contributed by atoms with Crippen molar-refractivity contribution in [3.63, 3.8) is 0 Å². The molecule has 1 fully saturated rings. The van der Waals surface area contributed by atoms with E-state index in [9.17, 15) is 13.2 Å². The minimum atomic E-state index is -4.31. The van der Waals surface area contributed by atoms with Crippen LogP contribution in [-0.4, -0.2) is 42.4 Å². The summed E-state index contributed by atoms with van der Waals surface area (Å²) in [5.74, 6) is -1.08. The average molecular weight is 268 g/mol. The number of allylic oxidation sites excluding steroid dienone is 1. The van der Waals surface area contributed by atoms with Crippen LogP contribution in [0.1, 0.15) is 6.42 Å². The third-order valence-electron chi connectivity index (χ3n) is 2.88. The van der Waals surface area contributed by atoms with E-state index in [1.165, 1.54) is 6.08 Å². The van der Waals surface area contributed by atoms with Crippen LogP contribution in [0.3, 0.4) is 0 Å². The quantitative estimate of drug-likeness (QED) is 0.786. The zero-order valence-corrected chi connectivity index (χ0v) is 9.85. The van der Waals surface area contributed by atoms with Crippen molar-refractivity contribution in [1.82, 2.24) is 10.2 Å². The van der Waals surface area contributed by atoms with Crippen LogP contribution < -0.4 is 5.32 Å². The number of piperazine rings is 1. The van der Waals surface area contributed by atoms with Gasteiger partial charge in [-0.15, -0.1) is 0 Å². The van der Waals surface area contributed by atoms with E-state index in [1.54, 1.807) is 0 Å². The molecule has 0 aromatic carbocycles. The summed E-state index contributed by atoms with van der Waals surface area (Å²) in [5.41, 5.74) is 0. The zero-order chi connectivity index (χ0) is 12.5. The van der Waals surface area contributed by atoms with Crippen LogP contribution in [-0.2, 0) is 0 Å². The summed E-state index contributed by atoms with van der Waals surface area (Å²) in [7, 11) is 0. The molecule has 2 aliphatic rings. The van der Waals surface area contributed by atoms with Crippen molar-refractivity contribution in [2.24, 2.45) is 10.9 Å². The Morgan fingerprint density at radius 3 is 2.53 bits per heavy atom. The monoisotopic (exact) mass is 267 g/mol. The van der Waals surface area contributed by atoms with E-state index in [0.717, 1.165) is 26.2 Å². The molecule has 17 heavy (non-hydrogen) atoms. The molecule has 0 aliphatic carbocycles. The van der Waals surface area contributed by atoms with E-state index < -0.39 is 12.1 Å². The summed E-state index contributed by atoms with van der Waals surface area (Å²) in [5, 5.41) is 2.81. The van der Waals surface area contributed by atoms with Crippen LogP contribution in [0.15, 0.2) is 16.9 Å². The predicted molar refractivity (Wildman–Crippen MR) is 60.0 cm³/mol. The van der Waals surface area contributed by atoms with Crippen LogP contribution in [0, 0.1) is 5.92 Å². The highest BCUT2D eigenvalue weighted by Gasteiger charge is 2.43. The Morgan fingerprint density at radius 1 is 1.35 bits per heavy atom. The molecule has 1 atom stereocenters. The van der Waals surface area contributed by atoms with Crippen LogP contribution >= 0.6 is 11.6 Å². The van der Waals surface area contributed by atoms with Gasteiger partial charge in [-0.3, -0.25) is 0 Å². The van der Waals surface area contributed by atoms with E-state index in [0.29, 0.717) is 5.82 Å². The smallest absolute Gasteiger partial charge is 0.354 e. The Labute approximate surface area is 102 Å². The molecule has 96 valence electrons. The van der Waals surface area contributed by atoms with Gasteiger partial charge in [-0.1, -0.05) is 11.6 Å². The number of rotatable bonds is 1. The summed E-state index contributed by atoms with van der Waals surface area (Å²) < 4.78 is 37.6. The molecule has 2 rings (SSSR count). The fraction of sp³-hybridized carbons (Fsp3) is 0.700. The van der Waals surface area contributed by atoms with Gasteiger partial charge in [0.15, 0.2) is 0 Å². The standard InChI is InChI=1S/C10H13ClF3N3/c11-9-7(10(12,13)14)1-2-8(16-9)17-5-3-15-4-6-17/h2,7,15H,1,3-6H2/t7-/m1/s1. The second kappa shape index (κ2) is 4.86. The molecule has 2 heterocycles. The minimum absolute atomic E-state index is 0.120. The Morgan fingerprint density at radius 2 is 2.00 bits per heavy atom. The van der Waals surface area contributed by atoms with E-state index in [-0.39, 0.29) is 11.6 Å². The highest BCUT2D eigenvalue weighted by molar-refractivity contribution is 6.66. The Hall–Kier alpha value is -0.750. The van der Waals surface area contributed by atoms with Crippen LogP contribution in [0.5, 0.6) is 0 Å². The molecule has 0 radical (unpaired) electrons. The van der Waals surface area contributed by atoms with Crippen LogP contribution in [0.25, 0.3) is 0 Å². The van der Waals surface area contributed by atoms with Crippen molar-refractivity contribution in [2.75, 3.05) is 26.2 Å². The van der Waals surface area contributed by atoms with Crippen LogP contribution in [0.2, 0.25) is 0 Å². The van der Waals surface area contributed by atoms with Crippen molar-refractivity contribution >= 4 is 16.8 Å². The van der Waals surface area contributed by atoms with Gasteiger partial charge in [-0.25, -0.2) is 4.99 Å². The maximum absolute atomic E-state index is 12.5. The number of halogens is 4. The van der Waals surface area contributed by atoms with E-state index >= 15 is 0 Å². The summed E-state index contributed by atoms with van der Waals surface area (Å²) in [6.07, 6.45) is -2.91. The number of hydrogen-bond donors (Lipinski definition) is 1. The molecule has 3 nitrogen and oxygen atoms in total. The molecule has 0 saturated carbocycles. The van der Waals surface area contributed by atoms with E-state index in [2.05, 4.69) is 10.3 Å². The normalized spacial score (nSPS) is 26.6. The lowest BCUT2D eigenvalue weighted by Gasteiger charge is -2.32. The average Bonchev–Trinajstić information content (AvgIpc) is 2.28. The van der Waals surface area contributed by atoms with Crippen molar-refractivity contribution in [1.29, 1.82) is 0 Å². The molecule has 2 aliphatic heterocycles. The zero-order valence-electron chi connectivity index (χ0n) is 9.10. The first kappa shape index (κ1) is 12.7. The van der Waals surface area contributed by atoms with Gasteiger partial charge in [0.2, 0.25) is 0 Å². The maximum atomic E-state index is 12.5. The third kappa shape index (κ3) is 2.93. The van der Waals surface area contributed by atoms with Crippen LogP contribution in [0.4, 0.5) is 13.2 Å². The number of aliphatic imine (C=N–C) groups is 1. The predicted octanol–water partition coefficient (Wildman–Crippen LogP) is 1.95. The number of hydrogen-bond acceptors (Lipinski definition) is 3. The summed E-state index contributed by atoms with van der Waals surface area (Å²) >= 11 is 5.63. The molecule has 1 N–H and O–H groups in total. The number of nitrogens with one attached hydrogen (secondary N) is 1. The second-order valence-electron chi connectivity index (χ2n) is 4.06. The van der Waals surface area contributed by atoms with Gasteiger partial charge in [-0.2, -0.15) is 13.2 Å².